The van der Waals surface area contributed by atoms with Crippen LogP contribution in [0.15, 0.2) is 97.2 Å². The lowest BCUT2D eigenvalue weighted by Gasteiger charge is -2.25. The monoisotopic (exact) mass is 850 g/mol. The predicted molar refractivity (Wildman–Crippen MR) is 256 cm³/mol. The molecule has 3 heterocycles. The van der Waals surface area contributed by atoms with Crippen LogP contribution in [0.25, 0.3) is 61.3 Å². The normalized spacial score (nSPS) is 12.8. The summed E-state index contributed by atoms with van der Waals surface area (Å²) < 4.78 is 25.4. The molecule has 0 fully saturated rings. The van der Waals surface area contributed by atoms with Gasteiger partial charge in [-0.05, 0) is 125 Å². The molecule has 330 valence electrons. The van der Waals surface area contributed by atoms with E-state index in [9.17, 15) is 9.59 Å². The molecule has 0 bridgehead atoms. The number of fused-ring (bicyclic) bond motifs is 3. The zero-order valence-corrected chi connectivity index (χ0v) is 39.5. The van der Waals surface area contributed by atoms with Crippen molar-refractivity contribution in [3.05, 3.63) is 114 Å². The zero-order chi connectivity index (χ0) is 46.2. The number of hydrogen-bond donors (Lipinski definition) is 1. The van der Waals surface area contributed by atoms with E-state index in [1.54, 1.807) is 20.4 Å². The highest BCUT2D eigenvalue weighted by atomic mass is 16.6. The van der Waals surface area contributed by atoms with E-state index in [0.717, 1.165) is 38.6 Å². The molecule has 3 aromatic heterocycles. The van der Waals surface area contributed by atoms with Crippen molar-refractivity contribution in [1.29, 1.82) is 0 Å². The number of rotatable bonds is 8. The van der Waals surface area contributed by atoms with E-state index < -0.39 is 23.4 Å². The third kappa shape index (κ3) is 10.3. The molecule has 0 saturated carbocycles. The van der Waals surface area contributed by atoms with Gasteiger partial charge in [0, 0.05) is 39.2 Å². The molecule has 0 aliphatic carbocycles. The van der Waals surface area contributed by atoms with Gasteiger partial charge in [-0.2, -0.15) is 0 Å². The number of aromatic nitrogens is 3. The number of allylic oxidation sites excluding steroid dienone is 3. The molecule has 1 N–H and O–H groups in total. The fourth-order valence-electron chi connectivity index (χ4n) is 7.28. The Labute approximate surface area is 372 Å². The lowest BCUT2D eigenvalue weighted by Crippen LogP contribution is -2.31. The molecule has 6 rings (SSSR count). The molecule has 6 aromatic rings. The fraction of sp³-hybridized carbons (Fsp3) is 0.358. The summed E-state index contributed by atoms with van der Waals surface area (Å²) >= 11 is 0. The molecule has 0 radical (unpaired) electrons. The molecule has 10 heteroatoms. The van der Waals surface area contributed by atoms with E-state index in [2.05, 4.69) is 89.3 Å². The summed E-state index contributed by atoms with van der Waals surface area (Å²) in [5, 5.41) is 4.81. The molecular weight excluding hydrogens is 789 g/mol. The highest BCUT2D eigenvalue weighted by molar-refractivity contribution is 6.04. The molecular formula is C53H62N4O6. The number of hydrogen-bond acceptors (Lipinski definition) is 8. The lowest BCUT2D eigenvalue weighted by atomic mass is 9.83. The van der Waals surface area contributed by atoms with Gasteiger partial charge in [0.2, 0.25) is 0 Å². The first-order valence-electron chi connectivity index (χ1n) is 21.3. The SMILES string of the molecule is C/C=C\C=C(/NC(=O)OC(C)(C)C)c1cc(C(C)(C)C)cc(-c2ccc3ccc4ccc(-c5cc(C(C)(C)C)cc(-c6cccn6C(=O)OC(C)(C)C)c5OC)nc4c3n2)c1OC. The maximum Gasteiger partial charge on any atom is 0.418 e. The first-order chi connectivity index (χ1) is 29.4. The van der Waals surface area contributed by atoms with Crippen molar-refractivity contribution < 1.29 is 28.5 Å². The fourth-order valence-corrected chi connectivity index (χ4v) is 7.28. The number of methoxy groups -OCH3 is 2. The second kappa shape index (κ2) is 17.4. The van der Waals surface area contributed by atoms with Gasteiger partial charge in [0.25, 0.3) is 0 Å². The minimum absolute atomic E-state index is 0.261. The first kappa shape index (κ1) is 46.1. The smallest absolute Gasteiger partial charge is 0.418 e. The molecule has 0 aliphatic rings. The number of alkyl carbamates (subject to hydrolysis) is 1. The Morgan fingerprint density at radius 3 is 1.62 bits per heavy atom. The average molecular weight is 851 g/mol. The van der Waals surface area contributed by atoms with Crippen LogP contribution in [0, 0.1) is 0 Å². The van der Waals surface area contributed by atoms with Gasteiger partial charge in [-0.3, -0.25) is 9.88 Å². The van der Waals surface area contributed by atoms with Crippen LogP contribution in [0.3, 0.4) is 0 Å². The van der Waals surface area contributed by atoms with Gasteiger partial charge in [-0.1, -0.05) is 78.0 Å². The number of benzene rings is 3. The molecule has 63 heavy (non-hydrogen) atoms. The number of ether oxygens (including phenoxy) is 4. The average Bonchev–Trinajstić information content (AvgIpc) is 3.69. The Morgan fingerprint density at radius 2 is 1.13 bits per heavy atom. The molecule has 1 amide bonds. The van der Waals surface area contributed by atoms with Crippen molar-refractivity contribution in [3.63, 3.8) is 0 Å². The Balaban J connectivity index is 1.58. The number of amides is 1. The lowest BCUT2D eigenvalue weighted by molar-refractivity contribution is 0.0534. The van der Waals surface area contributed by atoms with Gasteiger partial charge in [0.05, 0.1) is 48.0 Å². The van der Waals surface area contributed by atoms with Gasteiger partial charge in [-0.25, -0.2) is 19.6 Å². The van der Waals surface area contributed by atoms with Gasteiger partial charge >= 0.3 is 12.2 Å². The van der Waals surface area contributed by atoms with Crippen LogP contribution in [-0.2, 0) is 20.3 Å². The molecule has 0 saturated heterocycles. The molecule has 0 spiro atoms. The van der Waals surface area contributed by atoms with Crippen molar-refractivity contribution in [2.24, 2.45) is 0 Å². The summed E-state index contributed by atoms with van der Waals surface area (Å²) in [5.41, 5.74) is 7.03. The van der Waals surface area contributed by atoms with Crippen molar-refractivity contribution in [1.82, 2.24) is 19.9 Å². The number of nitrogens with one attached hydrogen (secondary N) is 1. The largest absolute Gasteiger partial charge is 0.495 e. The van der Waals surface area contributed by atoms with E-state index in [1.807, 2.05) is 97.0 Å². The summed E-state index contributed by atoms with van der Waals surface area (Å²) in [6.45, 7) is 25.9. The Hall–Kier alpha value is -6.42. The van der Waals surface area contributed by atoms with Crippen molar-refractivity contribution in [2.45, 2.75) is 112 Å². The van der Waals surface area contributed by atoms with Crippen molar-refractivity contribution >= 4 is 39.7 Å². The maximum atomic E-state index is 13.5. The molecule has 0 unspecified atom stereocenters. The highest BCUT2D eigenvalue weighted by Crippen LogP contribution is 2.44. The summed E-state index contributed by atoms with van der Waals surface area (Å²) in [7, 11) is 3.27. The summed E-state index contributed by atoms with van der Waals surface area (Å²) in [4.78, 5) is 37.4. The summed E-state index contributed by atoms with van der Waals surface area (Å²) in [5.74, 6) is 1.12. The number of nitrogens with zero attached hydrogens (tertiary/aromatic N) is 3. The summed E-state index contributed by atoms with van der Waals surface area (Å²) in [6, 6.07) is 24.3. The van der Waals surface area contributed by atoms with Crippen molar-refractivity contribution in [3.8, 4) is 45.3 Å². The van der Waals surface area contributed by atoms with Gasteiger partial charge in [0.1, 0.15) is 22.7 Å². The minimum atomic E-state index is -0.694. The Kier molecular flexibility index (Phi) is 12.7. The first-order valence-corrected chi connectivity index (χ1v) is 21.3. The van der Waals surface area contributed by atoms with E-state index in [0.29, 0.717) is 50.9 Å². The van der Waals surface area contributed by atoms with Gasteiger partial charge in [-0.15, -0.1) is 0 Å². The third-order valence-electron chi connectivity index (χ3n) is 10.4. The van der Waals surface area contributed by atoms with Gasteiger partial charge in [0.15, 0.2) is 0 Å². The zero-order valence-electron chi connectivity index (χ0n) is 39.5. The van der Waals surface area contributed by atoms with Crippen molar-refractivity contribution in [2.75, 3.05) is 14.2 Å². The minimum Gasteiger partial charge on any atom is -0.495 e. The third-order valence-corrected chi connectivity index (χ3v) is 10.4. The molecule has 3 aromatic carbocycles. The van der Waals surface area contributed by atoms with Crippen LogP contribution in [0.2, 0.25) is 0 Å². The number of carbonyl (C=O) groups excluding carboxylic acids is 2. The van der Waals surface area contributed by atoms with Crippen LogP contribution in [0.1, 0.15) is 107 Å². The van der Waals surface area contributed by atoms with Crippen LogP contribution in [0.5, 0.6) is 11.5 Å². The second-order valence-electron chi connectivity index (χ2n) is 19.8. The standard InChI is InChI=1S/C53H62N4O6/c1-16-17-19-40(56-48(58)62-52(8,9)10)36-28-34(50(2,3)4)29-37(46(36)60-14)41-25-23-32-21-22-33-24-26-42(55-45(33)44(32)54-41)38-30-35(51(5,6)7)31-39(47(38)61-15)43-20-18-27-57(43)49(59)63-53(11,12)13/h16-31H,1-15H3,(H,56,58)/b17-16-,40-19-. The maximum absolute atomic E-state index is 13.5. The molecule has 0 atom stereocenters. The molecule has 0 aliphatic heterocycles. The van der Waals surface area contributed by atoms with E-state index >= 15 is 0 Å². The quantitative estimate of drug-likeness (QED) is 0.119. The van der Waals surface area contributed by atoms with E-state index in [1.165, 1.54) is 4.57 Å². The summed E-state index contributed by atoms with van der Waals surface area (Å²) in [6.07, 6.45) is 6.26. The Bertz CT molecular complexity index is 2770. The number of pyridine rings is 2. The van der Waals surface area contributed by atoms with Crippen LogP contribution in [-0.4, -0.2) is 52.1 Å². The highest BCUT2D eigenvalue weighted by Gasteiger charge is 2.28. The predicted octanol–water partition coefficient (Wildman–Crippen LogP) is 13.4. The Morgan fingerprint density at radius 1 is 0.635 bits per heavy atom. The molecule has 10 nitrogen and oxygen atoms in total. The topological polar surface area (TPSA) is 114 Å². The van der Waals surface area contributed by atoms with Crippen LogP contribution >= 0.6 is 0 Å². The van der Waals surface area contributed by atoms with E-state index in [-0.39, 0.29) is 10.8 Å². The number of carbonyl (C=O) groups is 2. The van der Waals surface area contributed by atoms with Crippen LogP contribution < -0.4 is 14.8 Å². The van der Waals surface area contributed by atoms with E-state index in [4.69, 9.17) is 28.9 Å². The van der Waals surface area contributed by atoms with Gasteiger partial charge < -0.3 is 18.9 Å². The van der Waals surface area contributed by atoms with Crippen LogP contribution in [0.4, 0.5) is 9.59 Å². The second-order valence-corrected chi connectivity index (χ2v) is 19.8.